The molecule has 19 heavy (non-hydrogen) atoms. The van der Waals surface area contributed by atoms with Crippen molar-refractivity contribution in [3.05, 3.63) is 54.6 Å². The van der Waals surface area contributed by atoms with Crippen molar-refractivity contribution in [2.24, 2.45) is 5.73 Å². The molecule has 0 aliphatic carbocycles. The van der Waals surface area contributed by atoms with Crippen LogP contribution in [0.1, 0.15) is 5.69 Å². The van der Waals surface area contributed by atoms with Crippen LogP contribution in [0, 0.1) is 0 Å². The van der Waals surface area contributed by atoms with E-state index < -0.39 is 0 Å². The highest BCUT2D eigenvalue weighted by Crippen LogP contribution is 2.34. The van der Waals surface area contributed by atoms with Crippen molar-refractivity contribution in [2.75, 3.05) is 0 Å². The van der Waals surface area contributed by atoms with Crippen molar-refractivity contribution in [1.82, 2.24) is 15.0 Å². The minimum absolute atomic E-state index is 0.422. The van der Waals surface area contributed by atoms with Crippen molar-refractivity contribution in [1.29, 1.82) is 0 Å². The number of rotatable bonds is 3. The molecule has 0 atom stereocenters. The summed E-state index contributed by atoms with van der Waals surface area (Å²) in [7, 11) is 0. The molecule has 0 fully saturated rings. The third-order valence-electron chi connectivity index (χ3n) is 2.73. The molecule has 0 radical (unpaired) electrons. The van der Waals surface area contributed by atoms with E-state index in [9.17, 15) is 0 Å². The van der Waals surface area contributed by atoms with E-state index in [1.807, 2.05) is 24.3 Å². The summed E-state index contributed by atoms with van der Waals surface area (Å²) in [5, 5.41) is 0.877. The molecule has 0 spiro atoms. The van der Waals surface area contributed by atoms with Crippen LogP contribution in [-0.4, -0.2) is 15.0 Å². The molecular formula is C14H12N4S. The van der Waals surface area contributed by atoms with Crippen LogP contribution in [0.15, 0.2) is 48.9 Å². The Labute approximate surface area is 115 Å². The van der Waals surface area contributed by atoms with E-state index >= 15 is 0 Å². The van der Waals surface area contributed by atoms with Gasteiger partial charge in [-0.1, -0.05) is 30.3 Å². The molecule has 94 valence electrons. The maximum atomic E-state index is 5.79. The number of hydrogen-bond acceptors (Lipinski definition) is 5. The number of aromatic nitrogens is 3. The van der Waals surface area contributed by atoms with Crippen LogP contribution in [0.25, 0.3) is 21.1 Å². The summed E-state index contributed by atoms with van der Waals surface area (Å²) in [4.78, 5) is 13.8. The molecule has 0 unspecified atom stereocenters. The summed E-state index contributed by atoms with van der Waals surface area (Å²) in [6.07, 6.45) is 3.25. The smallest absolute Gasteiger partial charge is 0.142 e. The third-order valence-corrected chi connectivity index (χ3v) is 3.90. The molecule has 0 saturated carbocycles. The molecule has 3 rings (SSSR count). The van der Waals surface area contributed by atoms with Gasteiger partial charge in [0.05, 0.1) is 10.6 Å². The van der Waals surface area contributed by atoms with Gasteiger partial charge in [-0.15, -0.1) is 11.3 Å². The van der Waals surface area contributed by atoms with E-state index in [-0.39, 0.29) is 0 Å². The number of nitrogens with zero attached hydrogens (tertiary/aromatic N) is 3. The predicted molar refractivity (Wildman–Crippen MR) is 76.5 cm³/mol. The Kier molecular flexibility index (Phi) is 3.31. The summed E-state index contributed by atoms with van der Waals surface area (Å²) in [6.45, 7) is 0.422. The van der Waals surface area contributed by atoms with Crippen molar-refractivity contribution in [3.63, 3.8) is 0 Å². The topological polar surface area (TPSA) is 64.7 Å². The lowest BCUT2D eigenvalue weighted by Gasteiger charge is -1.98. The second kappa shape index (κ2) is 5.26. The van der Waals surface area contributed by atoms with Gasteiger partial charge in [0.25, 0.3) is 0 Å². The first-order chi connectivity index (χ1) is 9.38. The molecule has 0 bridgehead atoms. The van der Waals surface area contributed by atoms with Crippen LogP contribution in [0.3, 0.4) is 0 Å². The van der Waals surface area contributed by atoms with Gasteiger partial charge in [0, 0.05) is 12.7 Å². The Morgan fingerprint density at radius 3 is 2.63 bits per heavy atom. The molecule has 0 saturated heterocycles. The Balaban J connectivity index is 2.09. The van der Waals surface area contributed by atoms with Gasteiger partial charge in [0.15, 0.2) is 0 Å². The Hall–Kier alpha value is -2.11. The minimum atomic E-state index is 0.422. The Morgan fingerprint density at radius 1 is 1.11 bits per heavy atom. The fourth-order valence-corrected chi connectivity index (χ4v) is 2.91. The van der Waals surface area contributed by atoms with E-state index in [1.165, 1.54) is 6.33 Å². The van der Waals surface area contributed by atoms with Crippen molar-refractivity contribution in [2.45, 2.75) is 6.54 Å². The summed E-state index contributed by atoms with van der Waals surface area (Å²) in [6, 6.07) is 12.0. The average Bonchev–Trinajstić information content (AvgIpc) is 2.93. The van der Waals surface area contributed by atoms with Crippen LogP contribution >= 0.6 is 11.3 Å². The monoisotopic (exact) mass is 268 g/mol. The summed E-state index contributed by atoms with van der Waals surface area (Å²) in [5.41, 5.74) is 8.67. The number of benzene rings is 1. The SMILES string of the molecule is NCc1nc(-c2ccncn2)sc1-c1ccccc1. The number of nitrogens with two attached hydrogens (primary N) is 1. The number of thiazole rings is 1. The Bertz CT molecular complexity index is 664. The van der Waals surface area contributed by atoms with Gasteiger partial charge in [-0.2, -0.15) is 0 Å². The van der Waals surface area contributed by atoms with Gasteiger partial charge in [0.1, 0.15) is 17.0 Å². The van der Waals surface area contributed by atoms with E-state index in [2.05, 4.69) is 27.1 Å². The standard InChI is InChI=1S/C14H12N4S/c15-8-12-13(10-4-2-1-3-5-10)19-14(18-12)11-6-7-16-9-17-11/h1-7,9H,8,15H2. The third kappa shape index (κ3) is 2.38. The quantitative estimate of drug-likeness (QED) is 0.793. The fourth-order valence-electron chi connectivity index (χ4n) is 1.83. The molecule has 0 aliphatic rings. The summed E-state index contributed by atoms with van der Waals surface area (Å²) in [5.74, 6) is 0. The maximum absolute atomic E-state index is 5.79. The molecule has 2 aromatic heterocycles. The predicted octanol–water partition coefficient (Wildman–Crippen LogP) is 2.73. The summed E-state index contributed by atoms with van der Waals surface area (Å²) < 4.78 is 0. The van der Waals surface area contributed by atoms with Crippen molar-refractivity contribution < 1.29 is 0 Å². The molecule has 0 aliphatic heterocycles. The first-order valence-electron chi connectivity index (χ1n) is 5.90. The lowest BCUT2D eigenvalue weighted by atomic mass is 10.1. The van der Waals surface area contributed by atoms with Gasteiger partial charge in [-0.05, 0) is 11.6 Å². The molecular weight excluding hydrogens is 256 g/mol. The molecule has 3 aromatic rings. The average molecular weight is 268 g/mol. The zero-order valence-corrected chi connectivity index (χ0v) is 11.0. The first-order valence-corrected chi connectivity index (χ1v) is 6.71. The highest BCUT2D eigenvalue weighted by atomic mass is 32.1. The molecule has 4 nitrogen and oxygen atoms in total. The second-order valence-corrected chi connectivity index (χ2v) is 4.96. The number of hydrogen-bond donors (Lipinski definition) is 1. The largest absolute Gasteiger partial charge is 0.325 e. The highest BCUT2D eigenvalue weighted by molar-refractivity contribution is 7.18. The van der Waals surface area contributed by atoms with E-state index in [4.69, 9.17) is 5.73 Å². The first kappa shape index (κ1) is 12.0. The fraction of sp³-hybridized carbons (Fsp3) is 0.0714. The zero-order valence-electron chi connectivity index (χ0n) is 10.2. The van der Waals surface area contributed by atoms with Crippen LogP contribution in [-0.2, 0) is 6.54 Å². The van der Waals surface area contributed by atoms with Gasteiger partial charge in [-0.3, -0.25) is 0 Å². The second-order valence-electron chi connectivity index (χ2n) is 3.96. The van der Waals surface area contributed by atoms with Crippen LogP contribution in [0.2, 0.25) is 0 Å². The van der Waals surface area contributed by atoms with Gasteiger partial charge >= 0.3 is 0 Å². The molecule has 0 amide bonds. The lowest BCUT2D eigenvalue weighted by molar-refractivity contribution is 1.01. The van der Waals surface area contributed by atoms with Gasteiger partial charge in [-0.25, -0.2) is 15.0 Å². The zero-order chi connectivity index (χ0) is 13.1. The summed E-state index contributed by atoms with van der Waals surface area (Å²) >= 11 is 1.61. The molecule has 2 heterocycles. The van der Waals surface area contributed by atoms with Gasteiger partial charge < -0.3 is 5.73 Å². The van der Waals surface area contributed by atoms with Crippen LogP contribution < -0.4 is 5.73 Å². The lowest BCUT2D eigenvalue weighted by Crippen LogP contribution is -1.98. The molecule has 2 N–H and O–H groups in total. The molecule has 1 aromatic carbocycles. The van der Waals surface area contributed by atoms with E-state index in [0.29, 0.717) is 6.54 Å². The highest BCUT2D eigenvalue weighted by Gasteiger charge is 2.13. The van der Waals surface area contributed by atoms with Crippen molar-refractivity contribution >= 4 is 11.3 Å². The van der Waals surface area contributed by atoms with Gasteiger partial charge in [0.2, 0.25) is 0 Å². The van der Waals surface area contributed by atoms with Crippen LogP contribution in [0.4, 0.5) is 0 Å². The van der Waals surface area contributed by atoms with E-state index in [1.54, 1.807) is 17.5 Å². The minimum Gasteiger partial charge on any atom is -0.325 e. The maximum Gasteiger partial charge on any atom is 0.142 e. The van der Waals surface area contributed by atoms with E-state index in [0.717, 1.165) is 26.8 Å². The van der Waals surface area contributed by atoms with Crippen LogP contribution in [0.5, 0.6) is 0 Å². The normalized spacial score (nSPS) is 10.6. The van der Waals surface area contributed by atoms with Crippen molar-refractivity contribution in [3.8, 4) is 21.1 Å². The Morgan fingerprint density at radius 2 is 1.95 bits per heavy atom. The molecule has 5 heteroatoms.